The molecule has 0 aliphatic heterocycles. The van der Waals surface area contributed by atoms with E-state index in [0.29, 0.717) is 16.9 Å². The maximum atomic E-state index is 13.1. The normalized spacial score (nSPS) is 10.7. The van der Waals surface area contributed by atoms with Gasteiger partial charge in [-0.2, -0.15) is 9.99 Å². The summed E-state index contributed by atoms with van der Waals surface area (Å²) in [6, 6.07) is 18.2. The number of nitrogens with one attached hydrogen (secondary N) is 2. The van der Waals surface area contributed by atoms with Gasteiger partial charge in [-0.3, -0.25) is 4.79 Å². The molecule has 8 heteroatoms. The van der Waals surface area contributed by atoms with Crippen molar-refractivity contribution in [3.8, 4) is 11.3 Å². The maximum Gasteiger partial charge on any atom is 0.343 e. The zero-order valence-electron chi connectivity index (χ0n) is 17.5. The number of benzene rings is 2. The number of aryl methyl sites for hydroxylation is 1. The molecule has 0 atom stereocenters. The average molecular weight is 414 g/mol. The van der Waals surface area contributed by atoms with Crippen LogP contribution >= 0.6 is 0 Å². The van der Waals surface area contributed by atoms with Gasteiger partial charge in [0, 0.05) is 36.8 Å². The first-order valence-electron chi connectivity index (χ1n) is 9.76. The minimum absolute atomic E-state index is 0.0802. The number of carbonyl (C=O) groups excluding carboxylic acids is 2. The van der Waals surface area contributed by atoms with Gasteiger partial charge in [0.1, 0.15) is 5.65 Å². The highest BCUT2D eigenvalue weighted by Crippen LogP contribution is 2.28. The van der Waals surface area contributed by atoms with E-state index in [1.165, 1.54) is 19.1 Å². The summed E-state index contributed by atoms with van der Waals surface area (Å²) >= 11 is 0. The smallest absolute Gasteiger partial charge is 0.343 e. The third-order valence-corrected chi connectivity index (χ3v) is 4.91. The molecule has 0 aliphatic carbocycles. The van der Waals surface area contributed by atoms with Crippen molar-refractivity contribution < 1.29 is 9.59 Å². The summed E-state index contributed by atoms with van der Waals surface area (Å²) in [4.78, 5) is 38.2. The molecule has 0 saturated carbocycles. The van der Waals surface area contributed by atoms with Crippen LogP contribution in [0.4, 0.5) is 10.7 Å². The molecule has 4 rings (SSSR count). The second-order valence-electron chi connectivity index (χ2n) is 7.04. The van der Waals surface area contributed by atoms with E-state index >= 15 is 0 Å². The van der Waals surface area contributed by atoms with Crippen LogP contribution in [0, 0.1) is 6.92 Å². The van der Waals surface area contributed by atoms with Crippen molar-refractivity contribution in [1.29, 1.82) is 0 Å². The van der Waals surface area contributed by atoms with Gasteiger partial charge >= 0.3 is 6.03 Å². The molecule has 0 radical (unpaired) electrons. The number of hydrazine groups is 1. The number of aromatic nitrogens is 3. The summed E-state index contributed by atoms with van der Waals surface area (Å²) in [6.45, 7) is 1.90. The van der Waals surface area contributed by atoms with Gasteiger partial charge in [0.2, 0.25) is 0 Å². The van der Waals surface area contributed by atoms with Crippen molar-refractivity contribution in [2.24, 2.45) is 0 Å². The van der Waals surface area contributed by atoms with Gasteiger partial charge in [-0.15, -0.1) is 0 Å². The third kappa shape index (κ3) is 3.83. The maximum absolute atomic E-state index is 13.1. The van der Waals surface area contributed by atoms with Crippen LogP contribution in [0.25, 0.3) is 22.3 Å². The number of hydrogen-bond donors (Lipinski definition) is 2. The first-order chi connectivity index (χ1) is 15.0. The lowest BCUT2D eigenvalue weighted by atomic mass is 10.1. The molecule has 0 spiro atoms. The number of amides is 3. The Hall–Kier alpha value is -4.20. The lowest BCUT2D eigenvalue weighted by Gasteiger charge is -2.29. The molecule has 2 aromatic carbocycles. The molecule has 4 aromatic rings. The van der Waals surface area contributed by atoms with E-state index in [9.17, 15) is 9.59 Å². The zero-order valence-corrected chi connectivity index (χ0v) is 17.5. The molecule has 156 valence electrons. The fourth-order valence-corrected chi connectivity index (χ4v) is 3.36. The highest BCUT2D eigenvalue weighted by atomic mass is 16.2. The van der Waals surface area contributed by atoms with Crippen molar-refractivity contribution >= 4 is 28.9 Å². The standard InChI is InChI=1S/C23H22N6O2/c1-15-8-7-11-17(14-15)21(30)28(3)29(23(31)24-2)22-26-19(16-9-5-4-6-10-16)18-12-13-25-20(18)27-22/h4-14H,1-3H3,(H,24,31)(H,25,26,27). The fraction of sp³-hybridized carbons (Fsp3) is 0.130. The minimum Gasteiger partial charge on any atom is -0.346 e. The van der Waals surface area contributed by atoms with Crippen LogP contribution in [0.5, 0.6) is 0 Å². The van der Waals surface area contributed by atoms with Crippen molar-refractivity contribution in [3.05, 3.63) is 78.0 Å². The minimum atomic E-state index is -0.534. The molecular formula is C23H22N6O2. The lowest BCUT2D eigenvalue weighted by Crippen LogP contribution is -2.52. The van der Waals surface area contributed by atoms with Gasteiger partial charge in [-0.1, -0.05) is 48.0 Å². The van der Waals surface area contributed by atoms with Crippen LogP contribution in [0.1, 0.15) is 15.9 Å². The largest absolute Gasteiger partial charge is 0.346 e. The van der Waals surface area contributed by atoms with Crippen LogP contribution in [0.2, 0.25) is 0 Å². The third-order valence-electron chi connectivity index (χ3n) is 4.91. The van der Waals surface area contributed by atoms with Gasteiger partial charge < -0.3 is 10.3 Å². The molecule has 2 N–H and O–H groups in total. The van der Waals surface area contributed by atoms with Crippen LogP contribution in [0.3, 0.4) is 0 Å². The summed E-state index contributed by atoms with van der Waals surface area (Å²) in [5, 5.41) is 5.74. The average Bonchev–Trinajstić information content (AvgIpc) is 3.27. The highest BCUT2D eigenvalue weighted by molar-refractivity contribution is 6.01. The monoisotopic (exact) mass is 414 g/mol. The Morgan fingerprint density at radius 1 is 1.00 bits per heavy atom. The molecule has 2 aromatic heterocycles. The van der Waals surface area contributed by atoms with E-state index in [-0.39, 0.29) is 11.9 Å². The van der Waals surface area contributed by atoms with Crippen molar-refractivity contribution in [2.75, 3.05) is 19.1 Å². The molecule has 0 unspecified atom stereocenters. The number of urea groups is 1. The van der Waals surface area contributed by atoms with E-state index in [1.54, 1.807) is 24.4 Å². The number of aromatic amines is 1. The predicted octanol–water partition coefficient (Wildman–Crippen LogP) is 3.77. The Balaban J connectivity index is 1.83. The van der Waals surface area contributed by atoms with Crippen molar-refractivity contribution in [2.45, 2.75) is 6.92 Å². The number of H-pyrrole nitrogens is 1. The number of fused-ring (bicyclic) bond motifs is 1. The molecule has 8 nitrogen and oxygen atoms in total. The molecule has 3 amide bonds. The SMILES string of the molecule is CNC(=O)N(c1nc(-c2ccccc2)c2cc[nH]c2n1)N(C)C(=O)c1cccc(C)c1. The Bertz CT molecular complexity index is 1250. The molecule has 2 heterocycles. The van der Waals surface area contributed by atoms with E-state index in [4.69, 9.17) is 0 Å². The summed E-state index contributed by atoms with van der Waals surface area (Å²) in [5.41, 5.74) is 3.50. The van der Waals surface area contributed by atoms with Gasteiger partial charge in [0.15, 0.2) is 0 Å². The molecule has 31 heavy (non-hydrogen) atoms. The van der Waals surface area contributed by atoms with Crippen LogP contribution < -0.4 is 10.3 Å². The van der Waals surface area contributed by atoms with Crippen LogP contribution in [0.15, 0.2) is 66.9 Å². The van der Waals surface area contributed by atoms with Gasteiger partial charge in [-0.05, 0) is 25.1 Å². The predicted molar refractivity (Wildman–Crippen MR) is 120 cm³/mol. The summed E-state index contributed by atoms with van der Waals surface area (Å²) in [5.74, 6) is -0.277. The molecule has 0 fully saturated rings. The first-order valence-corrected chi connectivity index (χ1v) is 9.76. The lowest BCUT2D eigenvalue weighted by molar-refractivity contribution is 0.0783. The summed E-state index contributed by atoms with van der Waals surface area (Å²) < 4.78 is 0. The molecule has 0 saturated heterocycles. The van der Waals surface area contributed by atoms with Gasteiger partial charge in [-0.25, -0.2) is 14.8 Å². The van der Waals surface area contributed by atoms with Crippen LogP contribution in [-0.2, 0) is 0 Å². The molecular weight excluding hydrogens is 392 g/mol. The topological polar surface area (TPSA) is 94.2 Å². The highest BCUT2D eigenvalue weighted by Gasteiger charge is 2.28. The van der Waals surface area contributed by atoms with Gasteiger partial charge in [0.25, 0.3) is 11.9 Å². The number of anilines is 1. The number of carbonyl (C=O) groups is 2. The Kier molecular flexibility index (Phi) is 5.36. The summed E-state index contributed by atoms with van der Waals surface area (Å²) in [6.07, 6.45) is 1.77. The second-order valence-corrected chi connectivity index (χ2v) is 7.04. The van der Waals surface area contributed by atoms with Crippen LogP contribution in [-0.4, -0.2) is 46.0 Å². The molecule has 0 bridgehead atoms. The van der Waals surface area contributed by atoms with E-state index in [0.717, 1.165) is 21.5 Å². The first kappa shape index (κ1) is 20.1. The van der Waals surface area contributed by atoms with Crippen molar-refractivity contribution in [3.63, 3.8) is 0 Å². The fourth-order valence-electron chi connectivity index (χ4n) is 3.36. The van der Waals surface area contributed by atoms with Crippen molar-refractivity contribution in [1.82, 2.24) is 25.3 Å². The quantitative estimate of drug-likeness (QED) is 0.499. The van der Waals surface area contributed by atoms with E-state index < -0.39 is 6.03 Å². The number of rotatable bonds is 3. The second kappa shape index (κ2) is 8.27. The Labute approximate surface area is 179 Å². The Morgan fingerprint density at radius 2 is 1.77 bits per heavy atom. The Morgan fingerprint density at radius 3 is 2.48 bits per heavy atom. The van der Waals surface area contributed by atoms with E-state index in [2.05, 4.69) is 20.3 Å². The number of hydrogen-bond acceptors (Lipinski definition) is 4. The number of nitrogens with zero attached hydrogens (tertiary/aromatic N) is 4. The zero-order chi connectivity index (χ0) is 22.0. The van der Waals surface area contributed by atoms with E-state index in [1.807, 2.05) is 49.4 Å². The molecule has 0 aliphatic rings. The van der Waals surface area contributed by atoms with Gasteiger partial charge in [0.05, 0.1) is 5.69 Å². The summed E-state index contributed by atoms with van der Waals surface area (Å²) in [7, 11) is 3.01.